The molecule has 1 fully saturated rings. The maximum Gasteiger partial charge on any atom is 0.0637 e. The molecule has 0 atom stereocenters. The molecule has 1 aliphatic carbocycles. The van der Waals surface area contributed by atoms with Crippen LogP contribution in [0.25, 0.3) is 0 Å². The zero-order valence-corrected chi connectivity index (χ0v) is 8.51. The summed E-state index contributed by atoms with van der Waals surface area (Å²) in [6, 6.07) is 8.56. The van der Waals surface area contributed by atoms with Gasteiger partial charge in [-0.1, -0.05) is 30.7 Å². The highest BCUT2D eigenvalue weighted by Crippen LogP contribution is 2.31. The average Bonchev–Trinajstić information content (AvgIpc) is 2.06. The molecule has 0 aromatic heterocycles. The van der Waals surface area contributed by atoms with Crippen LogP contribution in [0.3, 0.4) is 0 Å². The summed E-state index contributed by atoms with van der Waals surface area (Å²) in [6.45, 7) is 2.28. The van der Waals surface area contributed by atoms with E-state index in [1.807, 2.05) is 24.3 Å². The Balaban J connectivity index is 1.98. The Morgan fingerprint density at radius 2 is 2.00 bits per heavy atom. The second-order valence-electron chi connectivity index (χ2n) is 3.90. The lowest BCUT2D eigenvalue weighted by Gasteiger charge is -2.34. The third-order valence-electron chi connectivity index (χ3n) is 2.61. The van der Waals surface area contributed by atoms with Crippen LogP contribution in [0.4, 0.5) is 5.69 Å². The number of para-hydroxylation sites is 1. The highest BCUT2D eigenvalue weighted by atomic mass is 35.5. The molecule has 0 unspecified atom stereocenters. The van der Waals surface area contributed by atoms with E-state index in [1.54, 1.807) is 0 Å². The minimum absolute atomic E-state index is 0.634. The smallest absolute Gasteiger partial charge is 0.0637 e. The maximum atomic E-state index is 6.02. The van der Waals surface area contributed by atoms with E-state index in [9.17, 15) is 0 Å². The van der Waals surface area contributed by atoms with E-state index in [1.165, 1.54) is 12.8 Å². The van der Waals surface area contributed by atoms with Crippen molar-refractivity contribution in [3.8, 4) is 0 Å². The van der Waals surface area contributed by atoms with E-state index in [0.29, 0.717) is 6.04 Å². The Kier molecular flexibility index (Phi) is 2.45. The molecule has 1 aromatic carbocycles. The second-order valence-corrected chi connectivity index (χ2v) is 4.30. The van der Waals surface area contributed by atoms with Gasteiger partial charge in [-0.25, -0.2) is 0 Å². The van der Waals surface area contributed by atoms with E-state index in [-0.39, 0.29) is 0 Å². The summed E-state index contributed by atoms with van der Waals surface area (Å²) >= 11 is 6.02. The Morgan fingerprint density at radius 3 is 2.62 bits per heavy atom. The van der Waals surface area contributed by atoms with Gasteiger partial charge in [-0.3, -0.25) is 0 Å². The lowest BCUT2D eigenvalue weighted by atomic mass is 9.82. The molecule has 0 saturated heterocycles. The molecular weight excluding hydrogens is 182 g/mol. The quantitative estimate of drug-likeness (QED) is 0.761. The van der Waals surface area contributed by atoms with E-state index in [4.69, 9.17) is 11.6 Å². The Hall–Kier alpha value is -0.690. The topological polar surface area (TPSA) is 12.0 Å². The van der Waals surface area contributed by atoms with Gasteiger partial charge < -0.3 is 5.32 Å². The van der Waals surface area contributed by atoms with Crippen molar-refractivity contribution in [3.63, 3.8) is 0 Å². The van der Waals surface area contributed by atoms with Gasteiger partial charge in [-0.15, -0.1) is 0 Å². The van der Waals surface area contributed by atoms with Crippen molar-refractivity contribution in [3.05, 3.63) is 29.3 Å². The van der Waals surface area contributed by atoms with Gasteiger partial charge >= 0.3 is 0 Å². The van der Waals surface area contributed by atoms with E-state index in [0.717, 1.165) is 16.6 Å². The first-order valence-electron chi connectivity index (χ1n) is 4.77. The Labute approximate surface area is 84.1 Å². The van der Waals surface area contributed by atoms with Crippen LogP contribution >= 0.6 is 11.6 Å². The monoisotopic (exact) mass is 195 g/mol. The summed E-state index contributed by atoms with van der Waals surface area (Å²) in [4.78, 5) is 0. The van der Waals surface area contributed by atoms with Crippen LogP contribution in [0.5, 0.6) is 0 Å². The van der Waals surface area contributed by atoms with Crippen molar-refractivity contribution >= 4 is 17.3 Å². The summed E-state index contributed by atoms with van der Waals surface area (Å²) in [5, 5.41) is 4.27. The predicted octanol–water partition coefficient (Wildman–Crippen LogP) is 3.55. The molecule has 0 spiro atoms. The molecular formula is C11H14ClN. The first kappa shape index (κ1) is 8.89. The number of nitrogens with one attached hydrogen (secondary N) is 1. The van der Waals surface area contributed by atoms with Crippen LogP contribution in [0.2, 0.25) is 5.02 Å². The van der Waals surface area contributed by atoms with Crippen LogP contribution in [0, 0.1) is 5.92 Å². The first-order valence-corrected chi connectivity index (χ1v) is 5.14. The molecule has 0 amide bonds. The number of benzene rings is 1. The second kappa shape index (κ2) is 3.59. The summed E-state index contributed by atoms with van der Waals surface area (Å²) < 4.78 is 0. The minimum Gasteiger partial charge on any atom is -0.381 e. The van der Waals surface area contributed by atoms with Crippen molar-refractivity contribution in [2.45, 2.75) is 25.8 Å². The Morgan fingerprint density at radius 1 is 1.31 bits per heavy atom. The lowest BCUT2D eigenvalue weighted by molar-refractivity contribution is 0.309. The zero-order chi connectivity index (χ0) is 9.26. The predicted molar refractivity (Wildman–Crippen MR) is 57.3 cm³/mol. The van der Waals surface area contributed by atoms with Crippen LogP contribution in [-0.4, -0.2) is 6.04 Å². The fourth-order valence-corrected chi connectivity index (χ4v) is 2.01. The number of hydrogen-bond acceptors (Lipinski definition) is 1. The standard InChI is InChI=1S/C11H14ClN/c1-8-6-9(7-8)13-11-5-3-2-4-10(11)12/h2-5,8-9,13H,6-7H2,1H3. The largest absolute Gasteiger partial charge is 0.381 e. The molecule has 1 nitrogen and oxygen atoms in total. The number of hydrogen-bond donors (Lipinski definition) is 1. The maximum absolute atomic E-state index is 6.02. The molecule has 70 valence electrons. The number of rotatable bonds is 2. The van der Waals surface area contributed by atoms with Crippen molar-refractivity contribution in [1.82, 2.24) is 0 Å². The highest BCUT2D eigenvalue weighted by molar-refractivity contribution is 6.33. The molecule has 1 aliphatic rings. The van der Waals surface area contributed by atoms with Crippen LogP contribution in [0.15, 0.2) is 24.3 Å². The van der Waals surface area contributed by atoms with Gasteiger partial charge in [0.25, 0.3) is 0 Å². The third kappa shape index (κ3) is 1.97. The molecule has 13 heavy (non-hydrogen) atoms. The molecule has 2 heteroatoms. The van der Waals surface area contributed by atoms with Crippen molar-refractivity contribution in [1.29, 1.82) is 0 Å². The molecule has 0 heterocycles. The molecule has 0 aliphatic heterocycles. The van der Waals surface area contributed by atoms with Crippen molar-refractivity contribution in [2.24, 2.45) is 5.92 Å². The van der Waals surface area contributed by atoms with Gasteiger partial charge in [0.15, 0.2) is 0 Å². The van der Waals surface area contributed by atoms with E-state index in [2.05, 4.69) is 12.2 Å². The molecule has 1 N–H and O–H groups in total. The normalized spacial score (nSPS) is 26.6. The first-order chi connectivity index (χ1) is 6.25. The van der Waals surface area contributed by atoms with Crippen LogP contribution < -0.4 is 5.32 Å². The fraction of sp³-hybridized carbons (Fsp3) is 0.455. The SMILES string of the molecule is CC1CC(Nc2ccccc2Cl)C1. The lowest BCUT2D eigenvalue weighted by Crippen LogP contribution is -2.33. The molecule has 0 bridgehead atoms. The van der Waals surface area contributed by atoms with E-state index < -0.39 is 0 Å². The van der Waals surface area contributed by atoms with Gasteiger partial charge in [0.05, 0.1) is 10.7 Å². The van der Waals surface area contributed by atoms with Gasteiger partial charge in [0.1, 0.15) is 0 Å². The third-order valence-corrected chi connectivity index (χ3v) is 2.94. The highest BCUT2D eigenvalue weighted by Gasteiger charge is 2.25. The van der Waals surface area contributed by atoms with Crippen LogP contribution in [0.1, 0.15) is 19.8 Å². The van der Waals surface area contributed by atoms with Crippen molar-refractivity contribution < 1.29 is 0 Å². The fourth-order valence-electron chi connectivity index (χ4n) is 1.82. The summed E-state index contributed by atoms with van der Waals surface area (Å²) in [5.41, 5.74) is 1.07. The molecule has 1 saturated carbocycles. The summed E-state index contributed by atoms with van der Waals surface area (Å²) in [5.74, 6) is 0.875. The van der Waals surface area contributed by atoms with Crippen molar-refractivity contribution in [2.75, 3.05) is 5.32 Å². The van der Waals surface area contributed by atoms with Crippen LogP contribution in [-0.2, 0) is 0 Å². The summed E-state index contributed by atoms with van der Waals surface area (Å²) in [7, 11) is 0. The number of halogens is 1. The van der Waals surface area contributed by atoms with Gasteiger partial charge in [0, 0.05) is 6.04 Å². The van der Waals surface area contributed by atoms with E-state index >= 15 is 0 Å². The zero-order valence-electron chi connectivity index (χ0n) is 7.76. The van der Waals surface area contributed by atoms with Gasteiger partial charge in [-0.05, 0) is 30.9 Å². The van der Waals surface area contributed by atoms with Gasteiger partial charge in [-0.2, -0.15) is 0 Å². The molecule has 1 aromatic rings. The molecule has 0 radical (unpaired) electrons. The minimum atomic E-state index is 0.634. The number of anilines is 1. The summed E-state index contributed by atoms with van der Waals surface area (Å²) in [6.07, 6.45) is 2.54. The average molecular weight is 196 g/mol. The molecule has 2 rings (SSSR count). The van der Waals surface area contributed by atoms with Gasteiger partial charge in [0.2, 0.25) is 0 Å². The Bertz CT molecular complexity index is 292.